The second kappa shape index (κ2) is 5.09. The molecule has 6 nitrogen and oxygen atoms in total. The van der Waals surface area contributed by atoms with Gasteiger partial charge in [0.15, 0.2) is 12.0 Å². The number of nitrogens with one attached hydrogen (secondary N) is 1. The average Bonchev–Trinajstić information content (AvgIpc) is 3.01. The normalized spacial score (nSPS) is 11.1. The van der Waals surface area contributed by atoms with Crippen molar-refractivity contribution in [1.82, 2.24) is 15.0 Å². The van der Waals surface area contributed by atoms with E-state index in [2.05, 4.69) is 30.9 Å². The highest BCUT2D eigenvalue weighted by atomic mass is 79.9. The Bertz CT molecular complexity index is 778. The summed E-state index contributed by atoms with van der Waals surface area (Å²) in [6.45, 7) is 0. The SMILES string of the molecule is O=C(O)CCc1nc(-c2ccc3ncoc3c2)c(Br)[nH]1. The maximum Gasteiger partial charge on any atom is 0.303 e. The quantitative estimate of drug-likeness (QED) is 0.764. The number of carboxylic acid groups (broad SMARTS) is 1. The number of aryl methyl sites for hydroxylation is 1. The molecule has 0 aliphatic carbocycles. The van der Waals surface area contributed by atoms with Crippen LogP contribution in [0.4, 0.5) is 0 Å². The Morgan fingerprint density at radius 1 is 1.45 bits per heavy atom. The molecular formula is C13H10BrN3O3. The van der Waals surface area contributed by atoms with Gasteiger partial charge in [0.25, 0.3) is 0 Å². The van der Waals surface area contributed by atoms with E-state index >= 15 is 0 Å². The molecule has 0 spiro atoms. The minimum Gasteiger partial charge on any atom is -0.481 e. The molecule has 2 aromatic heterocycles. The van der Waals surface area contributed by atoms with Crippen LogP contribution in [0.2, 0.25) is 0 Å². The number of imidazole rings is 1. The molecule has 0 bridgehead atoms. The zero-order valence-electron chi connectivity index (χ0n) is 10.3. The van der Waals surface area contributed by atoms with Crippen LogP contribution in [0.25, 0.3) is 22.4 Å². The summed E-state index contributed by atoms with van der Waals surface area (Å²) in [7, 11) is 0. The number of H-pyrrole nitrogens is 1. The third-order valence-corrected chi connectivity index (χ3v) is 3.46. The highest BCUT2D eigenvalue weighted by molar-refractivity contribution is 9.10. The van der Waals surface area contributed by atoms with Crippen LogP contribution in [0.5, 0.6) is 0 Å². The van der Waals surface area contributed by atoms with Gasteiger partial charge < -0.3 is 14.5 Å². The van der Waals surface area contributed by atoms with E-state index in [1.54, 1.807) is 0 Å². The van der Waals surface area contributed by atoms with E-state index in [4.69, 9.17) is 9.52 Å². The van der Waals surface area contributed by atoms with E-state index in [1.165, 1.54) is 6.39 Å². The second-order valence-electron chi connectivity index (χ2n) is 4.27. The molecule has 7 heteroatoms. The van der Waals surface area contributed by atoms with E-state index in [-0.39, 0.29) is 6.42 Å². The van der Waals surface area contributed by atoms with Crippen LogP contribution in [0.3, 0.4) is 0 Å². The third-order valence-electron chi connectivity index (χ3n) is 2.89. The number of oxazole rings is 1. The highest BCUT2D eigenvalue weighted by Gasteiger charge is 2.12. The molecule has 3 rings (SSSR count). The number of fused-ring (bicyclic) bond motifs is 1. The largest absolute Gasteiger partial charge is 0.481 e. The van der Waals surface area contributed by atoms with Crippen molar-refractivity contribution in [2.75, 3.05) is 0 Å². The number of carboxylic acids is 1. The predicted octanol–water partition coefficient (Wildman–Crippen LogP) is 3.00. The molecule has 0 aliphatic rings. The van der Waals surface area contributed by atoms with Gasteiger partial charge in [-0.15, -0.1) is 0 Å². The number of rotatable bonds is 4. The van der Waals surface area contributed by atoms with Crippen LogP contribution < -0.4 is 0 Å². The Morgan fingerprint density at radius 2 is 2.30 bits per heavy atom. The first kappa shape index (κ1) is 12.9. The lowest BCUT2D eigenvalue weighted by atomic mass is 10.1. The average molecular weight is 336 g/mol. The van der Waals surface area contributed by atoms with Gasteiger partial charge in [0.05, 0.1) is 6.42 Å². The second-order valence-corrected chi connectivity index (χ2v) is 5.07. The standard InChI is InChI=1S/C13H10BrN3O3/c14-13-12(16-10(17-13)3-4-11(18)19)7-1-2-8-9(5-7)20-6-15-8/h1-2,5-6H,3-4H2,(H,16,17)(H,18,19). The molecule has 2 heterocycles. The maximum atomic E-state index is 10.6. The van der Waals surface area contributed by atoms with E-state index in [0.29, 0.717) is 17.8 Å². The summed E-state index contributed by atoms with van der Waals surface area (Å²) in [5.41, 5.74) is 3.07. The lowest BCUT2D eigenvalue weighted by Gasteiger charge is -1.97. The summed E-state index contributed by atoms with van der Waals surface area (Å²) in [6, 6.07) is 5.60. The molecule has 102 valence electrons. The lowest BCUT2D eigenvalue weighted by Crippen LogP contribution is -1.98. The van der Waals surface area contributed by atoms with Gasteiger partial charge in [-0.2, -0.15) is 0 Å². The molecule has 0 unspecified atom stereocenters. The smallest absolute Gasteiger partial charge is 0.303 e. The van der Waals surface area contributed by atoms with Crippen LogP contribution in [0.1, 0.15) is 12.2 Å². The molecule has 0 saturated carbocycles. The van der Waals surface area contributed by atoms with Crippen molar-refractivity contribution < 1.29 is 14.3 Å². The number of nitrogens with zero attached hydrogens (tertiary/aromatic N) is 2. The Kier molecular flexibility index (Phi) is 3.27. The van der Waals surface area contributed by atoms with Crippen molar-refractivity contribution in [3.63, 3.8) is 0 Å². The van der Waals surface area contributed by atoms with E-state index in [0.717, 1.165) is 21.4 Å². The molecule has 2 N–H and O–H groups in total. The molecule has 0 aliphatic heterocycles. The van der Waals surface area contributed by atoms with Gasteiger partial charge in [0, 0.05) is 12.0 Å². The Hall–Kier alpha value is -2.15. The molecule has 3 aromatic rings. The predicted molar refractivity (Wildman–Crippen MR) is 75.2 cm³/mol. The highest BCUT2D eigenvalue weighted by Crippen LogP contribution is 2.28. The zero-order valence-corrected chi connectivity index (χ0v) is 11.8. The molecular weight excluding hydrogens is 326 g/mol. The van der Waals surface area contributed by atoms with Crippen LogP contribution in [-0.4, -0.2) is 26.0 Å². The Morgan fingerprint density at radius 3 is 3.10 bits per heavy atom. The Labute approximate surface area is 122 Å². The summed E-state index contributed by atoms with van der Waals surface area (Å²) in [5.74, 6) is -0.214. The van der Waals surface area contributed by atoms with Gasteiger partial charge >= 0.3 is 5.97 Å². The number of hydrogen-bond acceptors (Lipinski definition) is 4. The van der Waals surface area contributed by atoms with Gasteiger partial charge in [-0.25, -0.2) is 9.97 Å². The fourth-order valence-corrected chi connectivity index (χ4v) is 2.48. The van der Waals surface area contributed by atoms with Gasteiger partial charge in [0.2, 0.25) is 0 Å². The van der Waals surface area contributed by atoms with Gasteiger partial charge in [-0.05, 0) is 28.1 Å². The number of halogens is 1. The molecule has 20 heavy (non-hydrogen) atoms. The van der Waals surface area contributed by atoms with Crippen molar-refractivity contribution >= 4 is 33.0 Å². The zero-order chi connectivity index (χ0) is 14.1. The van der Waals surface area contributed by atoms with Crippen LogP contribution in [-0.2, 0) is 11.2 Å². The molecule has 0 fully saturated rings. The monoisotopic (exact) mass is 335 g/mol. The number of carbonyl (C=O) groups is 1. The van der Waals surface area contributed by atoms with E-state index in [9.17, 15) is 4.79 Å². The fraction of sp³-hybridized carbons (Fsp3) is 0.154. The van der Waals surface area contributed by atoms with E-state index < -0.39 is 5.97 Å². The van der Waals surface area contributed by atoms with Crippen molar-refractivity contribution in [3.05, 3.63) is 35.0 Å². The number of benzene rings is 1. The number of hydrogen-bond donors (Lipinski definition) is 2. The van der Waals surface area contributed by atoms with Crippen molar-refractivity contribution in [2.45, 2.75) is 12.8 Å². The van der Waals surface area contributed by atoms with Crippen molar-refractivity contribution in [2.24, 2.45) is 0 Å². The topological polar surface area (TPSA) is 92.0 Å². The van der Waals surface area contributed by atoms with Crippen LogP contribution >= 0.6 is 15.9 Å². The fourth-order valence-electron chi connectivity index (χ4n) is 1.94. The first-order valence-corrected chi connectivity index (χ1v) is 6.72. The first-order valence-electron chi connectivity index (χ1n) is 5.93. The first-order chi connectivity index (χ1) is 9.63. The molecule has 1 aromatic carbocycles. The van der Waals surface area contributed by atoms with Gasteiger partial charge in [-0.1, -0.05) is 6.07 Å². The number of aromatic nitrogens is 3. The van der Waals surface area contributed by atoms with Gasteiger partial charge in [0.1, 0.15) is 21.6 Å². The minimum absolute atomic E-state index is 0.0422. The summed E-state index contributed by atoms with van der Waals surface area (Å²) in [6.07, 6.45) is 1.80. The van der Waals surface area contributed by atoms with Crippen molar-refractivity contribution in [1.29, 1.82) is 0 Å². The van der Waals surface area contributed by atoms with E-state index in [1.807, 2.05) is 18.2 Å². The van der Waals surface area contributed by atoms with Crippen molar-refractivity contribution in [3.8, 4) is 11.3 Å². The summed E-state index contributed by atoms with van der Waals surface area (Å²) < 4.78 is 5.98. The summed E-state index contributed by atoms with van der Waals surface area (Å²) in [4.78, 5) is 22.1. The molecule has 0 radical (unpaired) electrons. The number of aromatic amines is 1. The third kappa shape index (κ3) is 2.44. The Balaban J connectivity index is 1.94. The van der Waals surface area contributed by atoms with Crippen LogP contribution in [0, 0.1) is 0 Å². The summed E-state index contributed by atoms with van der Waals surface area (Å²) in [5, 5.41) is 8.69. The minimum atomic E-state index is -0.845. The van der Waals surface area contributed by atoms with Gasteiger partial charge in [-0.3, -0.25) is 4.79 Å². The summed E-state index contributed by atoms with van der Waals surface area (Å²) >= 11 is 3.40. The lowest BCUT2D eigenvalue weighted by molar-refractivity contribution is -0.137. The molecule has 0 atom stereocenters. The molecule has 0 amide bonds. The number of aliphatic carboxylic acids is 1. The maximum absolute atomic E-state index is 10.6. The molecule has 0 saturated heterocycles. The van der Waals surface area contributed by atoms with Crippen LogP contribution in [0.15, 0.2) is 33.6 Å².